The molecule has 6 heteroatoms. The predicted molar refractivity (Wildman–Crippen MR) is 69.1 cm³/mol. The third kappa shape index (κ3) is 6.02. The first kappa shape index (κ1) is 15.0. The molecule has 0 fully saturated rings. The van der Waals surface area contributed by atoms with E-state index in [0.29, 0.717) is 44.2 Å². The third-order valence-corrected chi connectivity index (χ3v) is 2.23. The molecule has 0 aliphatic heterocycles. The van der Waals surface area contributed by atoms with Gasteiger partial charge in [-0.2, -0.15) is 0 Å². The predicted octanol–water partition coefficient (Wildman–Crippen LogP) is -0.202. The summed E-state index contributed by atoms with van der Waals surface area (Å²) in [5.41, 5.74) is 0.407. The molecule has 18 heavy (non-hydrogen) atoms. The van der Waals surface area contributed by atoms with Crippen LogP contribution in [0.4, 0.5) is 0 Å². The Balaban J connectivity index is 2.17. The normalized spacial score (nSPS) is 10.4. The fourth-order valence-electron chi connectivity index (χ4n) is 1.35. The van der Waals surface area contributed by atoms with Gasteiger partial charge in [0.15, 0.2) is 0 Å². The largest absolute Gasteiger partial charge is 0.491 e. The summed E-state index contributed by atoms with van der Waals surface area (Å²) in [4.78, 5) is 0. The molecule has 5 nitrogen and oxygen atoms in total. The monoisotopic (exact) mass is 254 g/mol. The van der Waals surface area contributed by atoms with E-state index in [1.54, 1.807) is 24.3 Å². The van der Waals surface area contributed by atoms with Crippen LogP contribution in [-0.4, -0.2) is 50.2 Å². The van der Waals surface area contributed by atoms with Crippen molar-refractivity contribution in [3.63, 3.8) is 0 Å². The summed E-state index contributed by atoms with van der Waals surface area (Å²) >= 11 is 0. The van der Waals surface area contributed by atoms with E-state index < -0.39 is 7.12 Å². The maximum Gasteiger partial charge on any atom is 0.488 e. The van der Waals surface area contributed by atoms with Crippen molar-refractivity contribution >= 4 is 12.6 Å². The molecule has 1 rings (SSSR count). The highest BCUT2D eigenvalue weighted by atomic mass is 16.5. The van der Waals surface area contributed by atoms with Crippen LogP contribution in [0, 0.1) is 0 Å². The van der Waals surface area contributed by atoms with E-state index in [1.165, 1.54) is 0 Å². The zero-order chi connectivity index (χ0) is 13.2. The second kappa shape index (κ2) is 8.94. The smallest absolute Gasteiger partial charge is 0.488 e. The minimum absolute atomic E-state index is 0.407. The molecule has 0 aliphatic rings. The van der Waals surface area contributed by atoms with Gasteiger partial charge in [-0.05, 0) is 24.5 Å². The van der Waals surface area contributed by atoms with Crippen LogP contribution >= 0.6 is 0 Å². The highest BCUT2D eigenvalue weighted by Crippen LogP contribution is 2.07. The topological polar surface area (TPSA) is 68.2 Å². The highest BCUT2D eigenvalue weighted by Gasteiger charge is 2.10. The molecule has 0 heterocycles. The van der Waals surface area contributed by atoms with Crippen LogP contribution in [0.2, 0.25) is 0 Å². The van der Waals surface area contributed by atoms with Crippen molar-refractivity contribution < 1.29 is 24.3 Å². The first-order chi connectivity index (χ1) is 8.74. The van der Waals surface area contributed by atoms with E-state index in [2.05, 4.69) is 0 Å². The molecule has 100 valence electrons. The minimum Gasteiger partial charge on any atom is -0.491 e. The van der Waals surface area contributed by atoms with Gasteiger partial charge in [0, 0.05) is 6.61 Å². The molecule has 0 radical (unpaired) electrons. The van der Waals surface area contributed by atoms with Gasteiger partial charge < -0.3 is 24.3 Å². The summed E-state index contributed by atoms with van der Waals surface area (Å²) in [7, 11) is -1.48. The fourth-order valence-corrected chi connectivity index (χ4v) is 1.35. The van der Waals surface area contributed by atoms with Crippen LogP contribution in [-0.2, 0) is 9.47 Å². The maximum atomic E-state index is 9.00. The second-order valence-electron chi connectivity index (χ2n) is 3.60. The van der Waals surface area contributed by atoms with Gasteiger partial charge in [0.25, 0.3) is 0 Å². The number of benzene rings is 1. The molecule has 0 saturated carbocycles. The Morgan fingerprint density at radius 2 is 1.78 bits per heavy atom. The molecular formula is C12H19BO5. The maximum absolute atomic E-state index is 9.00. The molecule has 0 bridgehead atoms. The van der Waals surface area contributed by atoms with Crippen molar-refractivity contribution in [2.75, 3.05) is 33.0 Å². The minimum atomic E-state index is -1.48. The van der Waals surface area contributed by atoms with Crippen molar-refractivity contribution in [2.24, 2.45) is 0 Å². The molecular weight excluding hydrogens is 235 g/mol. The first-order valence-corrected chi connectivity index (χ1v) is 5.98. The second-order valence-corrected chi connectivity index (χ2v) is 3.60. The van der Waals surface area contributed by atoms with Crippen LogP contribution in [0.25, 0.3) is 0 Å². The lowest BCUT2D eigenvalue weighted by Gasteiger charge is -2.08. The molecule has 0 atom stereocenters. The van der Waals surface area contributed by atoms with E-state index in [9.17, 15) is 0 Å². The number of ether oxygens (including phenoxy) is 3. The zero-order valence-electron chi connectivity index (χ0n) is 10.5. The van der Waals surface area contributed by atoms with Crippen LogP contribution in [0.3, 0.4) is 0 Å². The molecule has 1 aromatic carbocycles. The van der Waals surface area contributed by atoms with Crippen molar-refractivity contribution in [1.29, 1.82) is 0 Å². The number of hydrogen-bond acceptors (Lipinski definition) is 5. The Morgan fingerprint density at radius 3 is 2.50 bits per heavy atom. The Hall–Kier alpha value is -1.08. The molecule has 0 unspecified atom stereocenters. The van der Waals surface area contributed by atoms with Crippen molar-refractivity contribution in [2.45, 2.75) is 6.92 Å². The molecule has 1 aromatic rings. The summed E-state index contributed by atoms with van der Waals surface area (Å²) in [5, 5.41) is 18.0. The van der Waals surface area contributed by atoms with Gasteiger partial charge in [0.1, 0.15) is 12.4 Å². The Bertz CT molecular complexity index is 332. The average Bonchev–Trinajstić information content (AvgIpc) is 2.38. The van der Waals surface area contributed by atoms with E-state index in [-0.39, 0.29) is 0 Å². The van der Waals surface area contributed by atoms with Gasteiger partial charge in [-0.25, -0.2) is 0 Å². The average molecular weight is 254 g/mol. The molecule has 0 saturated heterocycles. The van der Waals surface area contributed by atoms with Gasteiger partial charge >= 0.3 is 7.12 Å². The van der Waals surface area contributed by atoms with Gasteiger partial charge in [-0.15, -0.1) is 0 Å². The van der Waals surface area contributed by atoms with Gasteiger partial charge in [-0.3, -0.25) is 0 Å². The summed E-state index contributed by atoms with van der Waals surface area (Å²) < 4.78 is 15.8. The summed E-state index contributed by atoms with van der Waals surface area (Å²) in [5.74, 6) is 0.592. The molecule has 0 spiro atoms. The summed E-state index contributed by atoms with van der Waals surface area (Å²) in [6.07, 6.45) is 0. The van der Waals surface area contributed by atoms with Crippen molar-refractivity contribution in [3.05, 3.63) is 24.3 Å². The Labute approximate surface area is 107 Å². The van der Waals surface area contributed by atoms with Gasteiger partial charge in [0.05, 0.1) is 19.8 Å². The standard InChI is InChI=1S/C12H19BO5/c1-2-16-6-7-17-8-9-18-12-5-3-4-11(10-12)13(14)15/h3-5,10,14-15H,2,6-9H2,1H3. The van der Waals surface area contributed by atoms with Crippen LogP contribution in [0.1, 0.15) is 6.92 Å². The molecule has 0 aliphatic carbocycles. The third-order valence-electron chi connectivity index (χ3n) is 2.23. The Kier molecular flexibility index (Phi) is 7.44. The van der Waals surface area contributed by atoms with Crippen LogP contribution < -0.4 is 10.2 Å². The van der Waals surface area contributed by atoms with Crippen molar-refractivity contribution in [1.82, 2.24) is 0 Å². The van der Waals surface area contributed by atoms with Crippen molar-refractivity contribution in [3.8, 4) is 5.75 Å². The summed E-state index contributed by atoms with van der Waals surface area (Å²) in [6, 6.07) is 6.67. The lowest BCUT2D eigenvalue weighted by molar-refractivity contribution is 0.0405. The Morgan fingerprint density at radius 1 is 1.06 bits per heavy atom. The number of hydrogen-bond donors (Lipinski definition) is 2. The van der Waals surface area contributed by atoms with E-state index >= 15 is 0 Å². The number of rotatable bonds is 9. The fraction of sp³-hybridized carbons (Fsp3) is 0.500. The quantitative estimate of drug-likeness (QED) is 0.471. The van der Waals surface area contributed by atoms with Crippen LogP contribution in [0.5, 0.6) is 5.75 Å². The molecule has 0 amide bonds. The molecule has 0 aromatic heterocycles. The zero-order valence-corrected chi connectivity index (χ0v) is 10.5. The first-order valence-electron chi connectivity index (χ1n) is 5.98. The lowest BCUT2D eigenvalue weighted by atomic mass is 9.80. The SMILES string of the molecule is CCOCCOCCOc1cccc(B(O)O)c1. The van der Waals surface area contributed by atoms with E-state index in [0.717, 1.165) is 0 Å². The highest BCUT2D eigenvalue weighted by molar-refractivity contribution is 6.58. The molecule has 2 N–H and O–H groups in total. The lowest BCUT2D eigenvalue weighted by Crippen LogP contribution is -2.29. The van der Waals surface area contributed by atoms with Gasteiger partial charge in [0.2, 0.25) is 0 Å². The van der Waals surface area contributed by atoms with Crippen LogP contribution in [0.15, 0.2) is 24.3 Å². The van der Waals surface area contributed by atoms with E-state index in [1.807, 2.05) is 6.92 Å². The van der Waals surface area contributed by atoms with E-state index in [4.69, 9.17) is 24.3 Å². The summed E-state index contributed by atoms with van der Waals surface area (Å²) in [6.45, 7) is 4.65. The van der Waals surface area contributed by atoms with Gasteiger partial charge in [-0.1, -0.05) is 12.1 Å².